The Bertz CT molecular complexity index is 1140. The Kier molecular flexibility index (Phi) is 4.10. The minimum Gasteiger partial charge on any atom is -0.339 e. The standard InChI is InChI=1S/C22H18ClN5/c1-15-26-14-19-9-12-27(18-6-4-17(23)5-7-18)21-13-16(3-8-20(21)28(15)19)22-24-10-2-11-25-22/h2-8,10-11,13-14H,9,12H2,1H3. The average Bonchev–Trinajstić information content (AvgIpc) is 3.01. The van der Waals surface area contributed by atoms with Gasteiger partial charge < -0.3 is 4.90 Å². The average molecular weight is 388 g/mol. The number of fused-ring (bicyclic) bond motifs is 3. The first-order valence-corrected chi connectivity index (χ1v) is 9.56. The summed E-state index contributed by atoms with van der Waals surface area (Å²) in [6.07, 6.45) is 6.40. The van der Waals surface area contributed by atoms with Gasteiger partial charge in [-0.15, -0.1) is 0 Å². The Labute approximate surface area is 168 Å². The quantitative estimate of drug-likeness (QED) is 0.486. The number of aryl methyl sites for hydroxylation is 1. The normalized spacial score (nSPS) is 13.0. The van der Waals surface area contributed by atoms with E-state index in [0.29, 0.717) is 5.82 Å². The molecule has 0 aliphatic carbocycles. The molecule has 0 saturated heterocycles. The topological polar surface area (TPSA) is 46.8 Å². The second-order valence-electron chi connectivity index (χ2n) is 6.79. The molecular weight excluding hydrogens is 370 g/mol. The molecule has 2 aromatic carbocycles. The number of halogens is 1. The van der Waals surface area contributed by atoms with E-state index in [9.17, 15) is 0 Å². The number of nitrogens with zero attached hydrogens (tertiary/aromatic N) is 5. The summed E-state index contributed by atoms with van der Waals surface area (Å²) in [4.78, 5) is 15.7. The highest BCUT2D eigenvalue weighted by Crippen LogP contribution is 2.37. The van der Waals surface area contributed by atoms with Gasteiger partial charge in [0.25, 0.3) is 0 Å². The van der Waals surface area contributed by atoms with Gasteiger partial charge in [0.15, 0.2) is 5.82 Å². The van der Waals surface area contributed by atoms with Crippen molar-refractivity contribution in [3.8, 4) is 17.1 Å². The van der Waals surface area contributed by atoms with E-state index in [2.05, 4.69) is 54.8 Å². The van der Waals surface area contributed by atoms with Gasteiger partial charge in [0.05, 0.1) is 11.4 Å². The molecule has 2 aromatic heterocycles. The van der Waals surface area contributed by atoms with Crippen LogP contribution in [0.5, 0.6) is 0 Å². The Morgan fingerprint density at radius 1 is 0.929 bits per heavy atom. The van der Waals surface area contributed by atoms with E-state index in [1.165, 1.54) is 5.69 Å². The van der Waals surface area contributed by atoms with Crippen molar-refractivity contribution in [2.75, 3.05) is 11.4 Å². The van der Waals surface area contributed by atoms with Gasteiger partial charge in [-0.1, -0.05) is 11.6 Å². The zero-order valence-corrected chi connectivity index (χ0v) is 16.1. The van der Waals surface area contributed by atoms with Crippen LogP contribution in [-0.2, 0) is 6.42 Å². The summed E-state index contributed by atoms with van der Waals surface area (Å²) in [5.74, 6) is 1.70. The smallest absolute Gasteiger partial charge is 0.159 e. The third-order valence-electron chi connectivity index (χ3n) is 5.07. The molecule has 6 heteroatoms. The van der Waals surface area contributed by atoms with E-state index in [1.54, 1.807) is 12.4 Å². The number of rotatable bonds is 2. The maximum atomic E-state index is 6.12. The van der Waals surface area contributed by atoms with Gasteiger partial charge in [0.1, 0.15) is 5.82 Å². The highest BCUT2D eigenvalue weighted by molar-refractivity contribution is 6.30. The van der Waals surface area contributed by atoms with Gasteiger partial charge in [-0.05, 0) is 55.5 Å². The van der Waals surface area contributed by atoms with Crippen LogP contribution in [0.2, 0.25) is 5.02 Å². The summed E-state index contributed by atoms with van der Waals surface area (Å²) in [6.45, 7) is 2.89. The maximum Gasteiger partial charge on any atom is 0.159 e. The number of anilines is 2. The summed E-state index contributed by atoms with van der Waals surface area (Å²) < 4.78 is 2.24. The maximum absolute atomic E-state index is 6.12. The fourth-order valence-electron chi connectivity index (χ4n) is 3.75. The molecule has 0 fully saturated rings. The van der Waals surface area contributed by atoms with Crippen LogP contribution in [0.25, 0.3) is 17.1 Å². The molecule has 28 heavy (non-hydrogen) atoms. The third kappa shape index (κ3) is 2.84. The van der Waals surface area contributed by atoms with Crippen molar-refractivity contribution < 1.29 is 0 Å². The first-order chi connectivity index (χ1) is 13.7. The second kappa shape index (κ2) is 6.77. The minimum absolute atomic E-state index is 0.716. The van der Waals surface area contributed by atoms with Crippen molar-refractivity contribution in [1.82, 2.24) is 19.5 Å². The summed E-state index contributed by atoms with van der Waals surface area (Å²) >= 11 is 6.12. The number of hydrogen-bond donors (Lipinski definition) is 0. The van der Waals surface area contributed by atoms with Crippen molar-refractivity contribution in [3.63, 3.8) is 0 Å². The Morgan fingerprint density at radius 3 is 2.50 bits per heavy atom. The largest absolute Gasteiger partial charge is 0.339 e. The van der Waals surface area contributed by atoms with Crippen molar-refractivity contribution >= 4 is 23.0 Å². The molecule has 3 heterocycles. The van der Waals surface area contributed by atoms with Crippen LogP contribution in [0.15, 0.2) is 67.1 Å². The molecule has 0 saturated carbocycles. The first kappa shape index (κ1) is 17.0. The predicted octanol–water partition coefficient (Wildman–Crippen LogP) is 4.99. The van der Waals surface area contributed by atoms with E-state index >= 15 is 0 Å². The molecule has 0 unspecified atom stereocenters. The van der Waals surface area contributed by atoms with Gasteiger partial charge in [-0.3, -0.25) is 4.57 Å². The van der Waals surface area contributed by atoms with E-state index < -0.39 is 0 Å². The molecule has 0 amide bonds. The molecule has 0 atom stereocenters. The van der Waals surface area contributed by atoms with Crippen LogP contribution >= 0.6 is 11.6 Å². The van der Waals surface area contributed by atoms with Gasteiger partial charge in [0, 0.05) is 53.5 Å². The van der Waals surface area contributed by atoms with E-state index in [4.69, 9.17) is 11.6 Å². The lowest BCUT2D eigenvalue weighted by Crippen LogP contribution is -2.19. The predicted molar refractivity (Wildman–Crippen MR) is 111 cm³/mol. The van der Waals surface area contributed by atoms with Crippen LogP contribution in [-0.4, -0.2) is 26.1 Å². The highest BCUT2D eigenvalue weighted by atomic mass is 35.5. The lowest BCUT2D eigenvalue weighted by atomic mass is 10.1. The molecular formula is C22H18ClN5. The van der Waals surface area contributed by atoms with E-state index in [-0.39, 0.29) is 0 Å². The summed E-state index contributed by atoms with van der Waals surface area (Å²) in [5.41, 5.74) is 5.51. The second-order valence-corrected chi connectivity index (χ2v) is 7.22. The van der Waals surface area contributed by atoms with Gasteiger partial charge in [0.2, 0.25) is 0 Å². The molecule has 0 radical (unpaired) electrons. The van der Waals surface area contributed by atoms with Crippen LogP contribution in [0.4, 0.5) is 11.4 Å². The van der Waals surface area contributed by atoms with E-state index in [1.807, 2.05) is 31.3 Å². The zero-order chi connectivity index (χ0) is 19.1. The van der Waals surface area contributed by atoms with Crippen molar-refractivity contribution in [2.24, 2.45) is 0 Å². The lowest BCUT2D eigenvalue weighted by Gasteiger charge is -2.25. The SMILES string of the molecule is Cc1ncc2n1-c1ccc(-c3ncccn3)cc1N(c1ccc(Cl)cc1)CC2. The van der Waals surface area contributed by atoms with Gasteiger partial charge in [-0.25, -0.2) is 15.0 Å². The molecule has 1 aliphatic heterocycles. The van der Waals surface area contributed by atoms with Gasteiger partial charge in [-0.2, -0.15) is 0 Å². The van der Waals surface area contributed by atoms with Gasteiger partial charge >= 0.3 is 0 Å². The monoisotopic (exact) mass is 387 g/mol. The van der Waals surface area contributed by atoms with Crippen LogP contribution in [0.1, 0.15) is 11.5 Å². The summed E-state index contributed by atoms with van der Waals surface area (Å²) in [5, 5.41) is 0.733. The van der Waals surface area contributed by atoms with E-state index in [0.717, 1.165) is 46.4 Å². The molecule has 0 N–H and O–H groups in total. The Morgan fingerprint density at radius 2 is 1.71 bits per heavy atom. The highest BCUT2D eigenvalue weighted by Gasteiger charge is 2.23. The molecule has 5 nitrogen and oxygen atoms in total. The lowest BCUT2D eigenvalue weighted by molar-refractivity contribution is 0.872. The van der Waals surface area contributed by atoms with Crippen molar-refractivity contribution in [2.45, 2.75) is 13.3 Å². The zero-order valence-electron chi connectivity index (χ0n) is 15.4. The molecule has 4 aromatic rings. The Balaban J connectivity index is 1.72. The van der Waals surface area contributed by atoms with Crippen LogP contribution in [0, 0.1) is 6.92 Å². The third-order valence-corrected chi connectivity index (χ3v) is 5.32. The fraction of sp³-hybridized carbons (Fsp3) is 0.136. The molecule has 0 spiro atoms. The van der Waals surface area contributed by atoms with Crippen LogP contribution in [0.3, 0.4) is 0 Å². The first-order valence-electron chi connectivity index (χ1n) is 9.19. The van der Waals surface area contributed by atoms with Crippen molar-refractivity contribution in [3.05, 3.63) is 83.7 Å². The molecule has 1 aliphatic rings. The number of hydrogen-bond acceptors (Lipinski definition) is 4. The minimum atomic E-state index is 0.716. The van der Waals surface area contributed by atoms with Crippen LogP contribution < -0.4 is 4.90 Å². The number of imidazole rings is 1. The van der Waals surface area contributed by atoms with Crippen molar-refractivity contribution in [1.29, 1.82) is 0 Å². The Hall–Kier alpha value is -3.18. The number of benzene rings is 2. The fourth-order valence-corrected chi connectivity index (χ4v) is 3.87. The summed E-state index contributed by atoms with van der Waals surface area (Å²) in [7, 11) is 0. The number of aromatic nitrogens is 4. The molecule has 0 bridgehead atoms. The molecule has 5 rings (SSSR count). The molecule has 138 valence electrons. The summed E-state index contributed by atoms with van der Waals surface area (Å²) in [6, 6.07) is 16.2.